The van der Waals surface area contributed by atoms with Crippen molar-refractivity contribution >= 4 is 27.3 Å². The zero-order chi connectivity index (χ0) is 21.0. The summed E-state index contributed by atoms with van der Waals surface area (Å²) in [5.41, 5.74) is 0.181. The molecule has 0 aliphatic carbocycles. The van der Waals surface area contributed by atoms with Crippen LogP contribution in [0.4, 0.5) is 11.4 Å². The van der Waals surface area contributed by atoms with E-state index in [2.05, 4.69) is 10.0 Å². The summed E-state index contributed by atoms with van der Waals surface area (Å²) in [5.74, 6) is 0.0398. The number of nitrogens with one attached hydrogen (secondary N) is 2. The van der Waals surface area contributed by atoms with Crippen molar-refractivity contribution in [2.45, 2.75) is 18.4 Å². The third-order valence-electron chi connectivity index (χ3n) is 4.11. The lowest BCUT2D eigenvalue weighted by Crippen LogP contribution is -2.24. The largest absolute Gasteiger partial charge is 0.467 e. The first-order valence-electron chi connectivity index (χ1n) is 8.45. The average molecular weight is 415 g/mol. The third kappa shape index (κ3) is 4.61. The molecule has 0 saturated carbocycles. The number of carbonyl (C=O) groups is 1. The van der Waals surface area contributed by atoms with Crippen LogP contribution in [0, 0.1) is 17.0 Å². The minimum atomic E-state index is -4.15. The van der Waals surface area contributed by atoms with Gasteiger partial charge in [-0.1, -0.05) is 18.2 Å². The molecule has 0 aliphatic heterocycles. The van der Waals surface area contributed by atoms with Crippen molar-refractivity contribution in [3.8, 4) is 0 Å². The molecule has 3 aromatic rings. The van der Waals surface area contributed by atoms with Gasteiger partial charge in [-0.25, -0.2) is 8.42 Å². The number of hydrogen-bond acceptors (Lipinski definition) is 6. The molecular weight excluding hydrogens is 398 g/mol. The number of sulfonamides is 1. The monoisotopic (exact) mass is 415 g/mol. The molecule has 0 bridgehead atoms. The lowest BCUT2D eigenvalue weighted by Gasteiger charge is -2.13. The van der Waals surface area contributed by atoms with Gasteiger partial charge in [0, 0.05) is 11.6 Å². The summed E-state index contributed by atoms with van der Waals surface area (Å²) in [7, 11) is -4.15. The van der Waals surface area contributed by atoms with Crippen LogP contribution in [0.1, 0.15) is 21.7 Å². The predicted molar refractivity (Wildman–Crippen MR) is 105 cm³/mol. The first kappa shape index (κ1) is 20.1. The van der Waals surface area contributed by atoms with Crippen molar-refractivity contribution in [2.75, 3.05) is 4.72 Å². The van der Waals surface area contributed by atoms with Crippen LogP contribution in [0.5, 0.6) is 0 Å². The Balaban J connectivity index is 1.85. The van der Waals surface area contributed by atoms with E-state index in [1.54, 1.807) is 24.3 Å². The maximum absolute atomic E-state index is 12.7. The Morgan fingerprint density at radius 3 is 2.59 bits per heavy atom. The van der Waals surface area contributed by atoms with Gasteiger partial charge in [-0.15, -0.1) is 0 Å². The Morgan fingerprint density at radius 1 is 1.14 bits per heavy atom. The Bertz CT molecular complexity index is 1160. The van der Waals surface area contributed by atoms with Crippen molar-refractivity contribution in [3.63, 3.8) is 0 Å². The Kier molecular flexibility index (Phi) is 5.64. The van der Waals surface area contributed by atoms with E-state index in [1.807, 2.05) is 0 Å². The molecule has 1 aromatic heterocycles. The third-order valence-corrected chi connectivity index (χ3v) is 5.47. The van der Waals surface area contributed by atoms with Crippen molar-refractivity contribution in [2.24, 2.45) is 0 Å². The molecule has 150 valence electrons. The van der Waals surface area contributed by atoms with Gasteiger partial charge in [0.05, 0.1) is 33.9 Å². The van der Waals surface area contributed by atoms with Crippen molar-refractivity contribution in [1.29, 1.82) is 0 Å². The summed E-state index contributed by atoms with van der Waals surface area (Å²) >= 11 is 0. The predicted octanol–water partition coefficient (Wildman–Crippen LogP) is 3.23. The molecule has 29 heavy (non-hydrogen) atoms. The lowest BCUT2D eigenvalue weighted by atomic mass is 10.1. The normalized spacial score (nSPS) is 11.1. The highest BCUT2D eigenvalue weighted by molar-refractivity contribution is 7.92. The van der Waals surface area contributed by atoms with Crippen molar-refractivity contribution in [3.05, 3.63) is 87.9 Å². The number of nitrogens with zero attached hydrogens (tertiary/aromatic N) is 1. The molecule has 0 aliphatic rings. The van der Waals surface area contributed by atoms with Gasteiger partial charge in [-0.2, -0.15) is 0 Å². The van der Waals surface area contributed by atoms with Crippen LogP contribution in [0.2, 0.25) is 0 Å². The molecule has 3 rings (SSSR count). The van der Waals surface area contributed by atoms with E-state index < -0.39 is 20.9 Å². The summed E-state index contributed by atoms with van der Waals surface area (Å²) in [6.45, 7) is 1.65. The number of hydrogen-bond donors (Lipinski definition) is 2. The molecule has 0 atom stereocenters. The van der Waals surface area contributed by atoms with Crippen LogP contribution in [0.3, 0.4) is 0 Å². The van der Waals surface area contributed by atoms with Gasteiger partial charge in [-0.05, 0) is 37.3 Å². The molecular formula is C19H17N3O6S. The number of carbonyl (C=O) groups excluding carboxylic acids is 1. The number of nitro groups is 1. The van der Waals surface area contributed by atoms with E-state index in [0.29, 0.717) is 11.3 Å². The molecule has 9 nitrogen and oxygen atoms in total. The highest BCUT2D eigenvalue weighted by Gasteiger charge is 2.22. The fourth-order valence-corrected chi connectivity index (χ4v) is 3.70. The van der Waals surface area contributed by atoms with Crippen LogP contribution in [-0.2, 0) is 16.6 Å². The first-order valence-corrected chi connectivity index (χ1v) is 9.94. The van der Waals surface area contributed by atoms with Gasteiger partial charge in [0.25, 0.3) is 21.6 Å². The second kappa shape index (κ2) is 8.15. The standard InChI is InChI=1S/C19H17N3O6S/c1-13-8-9-15(11-18(13)22(24)25)29(26,27)21-17-7-3-2-6-16(17)19(23)20-12-14-5-4-10-28-14/h2-11,21H,12H2,1H3,(H,20,23). The average Bonchev–Trinajstić information content (AvgIpc) is 3.20. The number of nitro benzene ring substituents is 1. The van der Waals surface area contributed by atoms with Crippen LogP contribution in [0.15, 0.2) is 70.2 Å². The van der Waals surface area contributed by atoms with E-state index in [1.165, 1.54) is 37.5 Å². The fraction of sp³-hybridized carbons (Fsp3) is 0.105. The Morgan fingerprint density at radius 2 is 1.90 bits per heavy atom. The summed E-state index contributed by atoms with van der Waals surface area (Å²) in [6.07, 6.45) is 1.48. The maximum Gasteiger partial charge on any atom is 0.273 e. The SMILES string of the molecule is Cc1ccc(S(=O)(=O)Nc2ccccc2C(=O)NCc2ccco2)cc1[N+](=O)[O-]. The Hall–Kier alpha value is -3.66. The first-order chi connectivity index (χ1) is 13.8. The molecule has 0 saturated heterocycles. The Labute approximate surface area is 166 Å². The fourth-order valence-electron chi connectivity index (χ4n) is 2.60. The second-order valence-electron chi connectivity index (χ2n) is 6.12. The van der Waals surface area contributed by atoms with Gasteiger partial charge in [-0.3, -0.25) is 19.6 Å². The summed E-state index contributed by atoms with van der Waals surface area (Å²) in [4.78, 5) is 22.7. The summed E-state index contributed by atoms with van der Waals surface area (Å²) in [6, 6.07) is 13.0. The smallest absolute Gasteiger partial charge is 0.273 e. The van der Waals surface area contributed by atoms with E-state index in [9.17, 15) is 23.3 Å². The zero-order valence-electron chi connectivity index (χ0n) is 15.3. The topological polar surface area (TPSA) is 132 Å². The molecule has 1 heterocycles. The van der Waals surface area contributed by atoms with E-state index in [0.717, 1.165) is 6.07 Å². The van der Waals surface area contributed by atoms with Gasteiger partial charge in [0.15, 0.2) is 0 Å². The molecule has 0 radical (unpaired) electrons. The minimum Gasteiger partial charge on any atom is -0.467 e. The summed E-state index contributed by atoms with van der Waals surface area (Å²) in [5, 5.41) is 13.7. The molecule has 2 N–H and O–H groups in total. The zero-order valence-corrected chi connectivity index (χ0v) is 16.1. The number of rotatable bonds is 7. The number of anilines is 1. The van der Waals surface area contributed by atoms with Gasteiger partial charge in [0.1, 0.15) is 5.76 Å². The van der Waals surface area contributed by atoms with Crippen LogP contribution >= 0.6 is 0 Å². The van der Waals surface area contributed by atoms with Crippen LogP contribution in [-0.4, -0.2) is 19.2 Å². The molecule has 1 amide bonds. The number of aryl methyl sites for hydroxylation is 1. The van der Waals surface area contributed by atoms with E-state index in [-0.39, 0.29) is 28.4 Å². The van der Waals surface area contributed by atoms with E-state index >= 15 is 0 Å². The minimum absolute atomic E-state index is 0.0488. The quantitative estimate of drug-likeness (QED) is 0.450. The molecule has 2 aromatic carbocycles. The van der Waals surface area contributed by atoms with E-state index in [4.69, 9.17) is 4.42 Å². The number of furan rings is 1. The highest BCUT2D eigenvalue weighted by Crippen LogP contribution is 2.25. The van der Waals surface area contributed by atoms with Gasteiger partial charge >= 0.3 is 0 Å². The molecule has 0 spiro atoms. The maximum atomic E-state index is 12.7. The van der Waals surface area contributed by atoms with Gasteiger partial charge in [0.2, 0.25) is 0 Å². The van der Waals surface area contributed by atoms with Crippen LogP contribution < -0.4 is 10.0 Å². The lowest BCUT2D eigenvalue weighted by molar-refractivity contribution is -0.385. The number of amides is 1. The number of benzene rings is 2. The van der Waals surface area contributed by atoms with Crippen molar-refractivity contribution < 1.29 is 22.6 Å². The highest BCUT2D eigenvalue weighted by atomic mass is 32.2. The van der Waals surface area contributed by atoms with Gasteiger partial charge < -0.3 is 9.73 Å². The summed E-state index contributed by atoms with van der Waals surface area (Å²) < 4.78 is 32.9. The molecule has 10 heteroatoms. The number of para-hydroxylation sites is 1. The molecule has 0 fully saturated rings. The second-order valence-corrected chi connectivity index (χ2v) is 7.80. The molecule has 0 unspecified atom stereocenters. The van der Waals surface area contributed by atoms with Crippen LogP contribution in [0.25, 0.3) is 0 Å². The van der Waals surface area contributed by atoms with Crippen molar-refractivity contribution in [1.82, 2.24) is 5.32 Å².